The first-order chi connectivity index (χ1) is 15.2. The highest BCUT2D eigenvalue weighted by atomic mass is 32.1. The number of hydrogen-bond acceptors (Lipinski definition) is 4. The van der Waals surface area contributed by atoms with E-state index in [9.17, 15) is 14.0 Å². The Labute approximate surface area is 192 Å². The third kappa shape index (κ3) is 5.95. The molecule has 0 aliphatic heterocycles. The topological polar surface area (TPSA) is 52.7 Å². The summed E-state index contributed by atoms with van der Waals surface area (Å²) in [6.07, 6.45) is 0. The lowest BCUT2D eigenvalue weighted by molar-refractivity contribution is -0.118. The van der Waals surface area contributed by atoms with Gasteiger partial charge >= 0.3 is 0 Å². The van der Waals surface area contributed by atoms with Crippen molar-refractivity contribution in [2.75, 3.05) is 24.3 Å². The molecule has 0 unspecified atom stereocenters. The van der Waals surface area contributed by atoms with Crippen LogP contribution >= 0.6 is 11.3 Å². The maximum absolute atomic E-state index is 13.8. The molecule has 2 amide bonds. The van der Waals surface area contributed by atoms with E-state index in [2.05, 4.69) is 5.32 Å². The molecule has 7 heteroatoms. The summed E-state index contributed by atoms with van der Waals surface area (Å²) in [4.78, 5) is 29.8. The lowest BCUT2D eigenvalue weighted by atomic mass is 10.1. The van der Waals surface area contributed by atoms with Gasteiger partial charge < -0.3 is 15.1 Å². The van der Waals surface area contributed by atoms with E-state index < -0.39 is 0 Å². The molecule has 1 N–H and O–H groups in total. The number of halogens is 1. The van der Waals surface area contributed by atoms with Crippen molar-refractivity contribution in [3.63, 3.8) is 0 Å². The number of anilines is 2. The molecule has 3 aromatic rings. The standard InChI is InChI=1S/C25H28FN3O2S/c1-17(2)24(30)27-21-10-11-22(28(3)4)19(14-21)16-29(25(31)23-9-6-12-32-23)15-18-7-5-8-20(26)13-18/h5-14,17H,15-16H2,1-4H3,(H,27,30). The van der Waals surface area contributed by atoms with Crippen molar-refractivity contribution in [2.45, 2.75) is 26.9 Å². The quantitative estimate of drug-likeness (QED) is 0.498. The van der Waals surface area contributed by atoms with Gasteiger partial charge in [0, 0.05) is 44.5 Å². The molecule has 168 valence electrons. The molecule has 0 spiro atoms. The molecule has 0 fully saturated rings. The highest BCUT2D eigenvalue weighted by Gasteiger charge is 2.20. The average molecular weight is 454 g/mol. The van der Waals surface area contributed by atoms with Crippen LogP contribution in [0.1, 0.15) is 34.6 Å². The van der Waals surface area contributed by atoms with Crippen LogP contribution in [0.2, 0.25) is 0 Å². The molecule has 1 heterocycles. The minimum Gasteiger partial charge on any atom is -0.377 e. The third-order valence-electron chi connectivity index (χ3n) is 5.00. The Kier molecular flexibility index (Phi) is 7.64. The van der Waals surface area contributed by atoms with Gasteiger partial charge in [0.15, 0.2) is 0 Å². The van der Waals surface area contributed by atoms with E-state index in [1.807, 2.05) is 68.6 Å². The zero-order valence-electron chi connectivity index (χ0n) is 18.8. The number of thiophene rings is 1. The summed E-state index contributed by atoms with van der Waals surface area (Å²) in [6.45, 7) is 4.26. The van der Waals surface area contributed by atoms with Gasteiger partial charge in [-0.3, -0.25) is 9.59 Å². The molecule has 0 saturated heterocycles. The van der Waals surface area contributed by atoms with Crippen molar-refractivity contribution in [3.8, 4) is 0 Å². The minimum absolute atomic E-state index is 0.0696. The summed E-state index contributed by atoms with van der Waals surface area (Å²) >= 11 is 1.38. The first-order valence-electron chi connectivity index (χ1n) is 10.4. The van der Waals surface area contributed by atoms with Crippen molar-refractivity contribution in [2.24, 2.45) is 5.92 Å². The molecular weight excluding hydrogens is 425 g/mol. The van der Waals surface area contributed by atoms with E-state index in [-0.39, 0.29) is 30.1 Å². The number of nitrogens with one attached hydrogen (secondary N) is 1. The van der Waals surface area contributed by atoms with Crippen molar-refractivity contribution < 1.29 is 14.0 Å². The van der Waals surface area contributed by atoms with Crippen LogP contribution in [-0.4, -0.2) is 30.8 Å². The lowest BCUT2D eigenvalue weighted by Gasteiger charge is -2.26. The smallest absolute Gasteiger partial charge is 0.264 e. The van der Waals surface area contributed by atoms with E-state index in [0.29, 0.717) is 22.7 Å². The van der Waals surface area contributed by atoms with E-state index in [1.165, 1.54) is 23.5 Å². The summed E-state index contributed by atoms with van der Waals surface area (Å²) in [5.41, 5.74) is 3.22. The lowest BCUT2D eigenvalue weighted by Crippen LogP contribution is -2.30. The minimum atomic E-state index is -0.335. The van der Waals surface area contributed by atoms with Gasteiger partial charge in [0.1, 0.15) is 5.82 Å². The zero-order chi connectivity index (χ0) is 23.3. The van der Waals surface area contributed by atoms with Crippen LogP contribution in [0.25, 0.3) is 0 Å². The van der Waals surface area contributed by atoms with Crippen LogP contribution in [0.5, 0.6) is 0 Å². The summed E-state index contributed by atoms with van der Waals surface area (Å²) in [5.74, 6) is -0.666. The second kappa shape index (κ2) is 10.4. The van der Waals surface area contributed by atoms with E-state index in [4.69, 9.17) is 0 Å². The number of carbonyl (C=O) groups excluding carboxylic acids is 2. The van der Waals surface area contributed by atoms with E-state index >= 15 is 0 Å². The molecule has 2 aromatic carbocycles. The number of rotatable bonds is 8. The fourth-order valence-electron chi connectivity index (χ4n) is 3.33. The van der Waals surface area contributed by atoms with Crippen molar-refractivity contribution in [1.29, 1.82) is 0 Å². The average Bonchev–Trinajstić information content (AvgIpc) is 3.27. The van der Waals surface area contributed by atoms with Crippen molar-refractivity contribution in [3.05, 3.63) is 81.8 Å². The highest BCUT2D eigenvalue weighted by molar-refractivity contribution is 7.12. The maximum atomic E-state index is 13.8. The Morgan fingerprint density at radius 3 is 2.44 bits per heavy atom. The third-order valence-corrected chi connectivity index (χ3v) is 5.85. The largest absolute Gasteiger partial charge is 0.377 e. The Bertz CT molecular complexity index is 1080. The maximum Gasteiger partial charge on any atom is 0.264 e. The van der Waals surface area contributed by atoms with Gasteiger partial charge in [-0.1, -0.05) is 32.0 Å². The Morgan fingerprint density at radius 1 is 1.03 bits per heavy atom. The second-order valence-electron chi connectivity index (χ2n) is 8.15. The molecule has 0 aliphatic carbocycles. The molecular formula is C25H28FN3O2S. The Hall–Kier alpha value is -3.19. The number of amides is 2. The van der Waals surface area contributed by atoms with Crippen molar-refractivity contribution in [1.82, 2.24) is 4.90 Å². The van der Waals surface area contributed by atoms with Crippen LogP contribution in [0.15, 0.2) is 60.0 Å². The first kappa shape index (κ1) is 23.5. The molecule has 3 rings (SSSR count). The van der Waals surface area contributed by atoms with Gasteiger partial charge in [-0.15, -0.1) is 11.3 Å². The fraction of sp³-hybridized carbons (Fsp3) is 0.280. The van der Waals surface area contributed by atoms with Crippen molar-refractivity contribution >= 4 is 34.5 Å². The number of benzene rings is 2. The summed E-state index contributed by atoms with van der Waals surface area (Å²) in [7, 11) is 3.87. The normalized spacial score (nSPS) is 10.8. The van der Waals surface area contributed by atoms with Gasteiger partial charge in [0.05, 0.1) is 4.88 Å². The molecule has 32 heavy (non-hydrogen) atoms. The van der Waals surface area contributed by atoms with Crippen LogP contribution in [0.4, 0.5) is 15.8 Å². The van der Waals surface area contributed by atoms with Crippen LogP contribution in [0, 0.1) is 11.7 Å². The number of nitrogens with zero attached hydrogens (tertiary/aromatic N) is 2. The highest BCUT2D eigenvalue weighted by Crippen LogP contribution is 2.27. The Balaban J connectivity index is 1.96. The second-order valence-corrected chi connectivity index (χ2v) is 9.10. The molecule has 0 aliphatic rings. The van der Waals surface area contributed by atoms with Gasteiger partial charge in [-0.05, 0) is 52.9 Å². The molecule has 0 bridgehead atoms. The van der Waals surface area contributed by atoms with Gasteiger partial charge in [-0.2, -0.15) is 0 Å². The molecule has 0 atom stereocenters. The summed E-state index contributed by atoms with van der Waals surface area (Å²) in [5, 5.41) is 4.79. The predicted octanol–water partition coefficient (Wildman–Crippen LogP) is 5.39. The van der Waals surface area contributed by atoms with Gasteiger partial charge in [0.2, 0.25) is 5.91 Å². The number of hydrogen-bond donors (Lipinski definition) is 1. The monoisotopic (exact) mass is 453 g/mol. The zero-order valence-corrected chi connectivity index (χ0v) is 19.6. The SMILES string of the molecule is CC(C)C(=O)Nc1ccc(N(C)C)c(CN(Cc2cccc(F)c2)C(=O)c2cccs2)c1. The predicted molar refractivity (Wildman–Crippen MR) is 129 cm³/mol. The van der Waals surface area contributed by atoms with Crippen LogP contribution in [0.3, 0.4) is 0 Å². The number of carbonyl (C=O) groups is 2. The first-order valence-corrected chi connectivity index (χ1v) is 11.3. The van der Waals surface area contributed by atoms with Crippen LogP contribution < -0.4 is 10.2 Å². The summed E-state index contributed by atoms with van der Waals surface area (Å²) < 4.78 is 13.8. The van der Waals surface area contributed by atoms with Gasteiger partial charge in [0.25, 0.3) is 5.91 Å². The molecule has 0 radical (unpaired) electrons. The molecule has 0 saturated carbocycles. The summed E-state index contributed by atoms with van der Waals surface area (Å²) in [6, 6.07) is 15.6. The van der Waals surface area contributed by atoms with Gasteiger partial charge in [-0.25, -0.2) is 4.39 Å². The van der Waals surface area contributed by atoms with Crippen LogP contribution in [-0.2, 0) is 17.9 Å². The molecule has 1 aromatic heterocycles. The van der Waals surface area contributed by atoms with E-state index in [0.717, 1.165) is 11.3 Å². The Morgan fingerprint density at radius 2 is 1.81 bits per heavy atom. The molecule has 5 nitrogen and oxygen atoms in total. The van der Waals surface area contributed by atoms with E-state index in [1.54, 1.807) is 17.0 Å². The fourth-order valence-corrected chi connectivity index (χ4v) is 4.02.